The molecule has 1 heterocycles. The highest BCUT2D eigenvalue weighted by Crippen LogP contribution is 2.16. The molecule has 2 N–H and O–H groups in total. The molecule has 3 rings (SSSR count). The number of carbonyl (C=O) groups is 3. The van der Waals surface area contributed by atoms with Gasteiger partial charge in [0.25, 0.3) is 0 Å². The molecule has 8 nitrogen and oxygen atoms in total. The fourth-order valence-electron chi connectivity index (χ4n) is 3.01. The van der Waals surface area contributed by atoms with E-state index in [0.29, 0.717) is 16.3 Å². The van der Waals surface area contributed by atoms with Gasteiger partial charge in [0.15, 0.2) is 0 Å². The van der Waals surface area contributed by atoms with Crippen molar-refractivity contribution < 1.29 is 23.9 Å². The van der Waals surface area contributed by atoms with Crippen molar-refractivity contribution >= 4 is 35.0 Å². The molecule has 184 valence electrons. The Morgan fingerprint density at radius 3 is 2.43 bits per heavy atom. The van der Waals surface area contributed by atoms with Gasteiger partial charge in [0.2, 0.25) is 5.91 Å². The number of aryl methyl sites for hydroxylation is 1. The van der Waals surface area contributed by atoms with E-state index in [1.807, 2.05) is 31.2 Å². The van der Waals surface area contributed by atoms with Crippen molar-refractivity contribution in [1.29, 1.82) is 0 Å². The van der Waals surface area contributed by atoms with E-state index in [4.69, 9.17) is 9.47 Å². The van der Waals surface area contributed by atoms with Crippen LogP contribution in [-0.2, 0) is 33.8 Å². The van der Waals surface area contributed by atoms with Gasteiger partial charge in [-0.1, -0.05) is 30.3 Å². The zero-order chi connectivity index (χ0) is 25.4. The summed E-state index contributed by atoms with van der Waals surface area (Å²) in [6.07, 6.45) is -0.359. The summed E-state index contributed by atoms with van der Waals surface area (Å²) in [5.74, 6) is -0.637. The number of para-hydroxylation sites is 1. The van der Waals surface area contributed by atoms with Crippen molar-refractivity contribution in [3.8, 4) is 0 Å². The molecule has 1 aromatic heterocycles. The maximum absolute atomic E-state index is 12.4. The topological polar surface area (TPSA) is 107 Å². The highest BCUT2D eigenvalue weighted by Gasteiger charge is 2.16. The molecule has 9 heteroatoms. The van der Waals surface area contributed by atoms with Crippen molar-refractivity contribution in [2.75, 3.05) is 5.32 Å². The number of amides is 2. The summed E-state index contributed by atoms with van der Waals surface area (Å²) in [6, 6.07) is 14.3. The summed E-state index contributed by atoms with van der Waals surface area (Å²) in [7, 11) is 0. The SMILES string of the molecule is Cc1ccccc1NC(=O)Cc1nc(COC(=O)c2ccc(CNC(=O)OC(C)(C)C)cc2)cs1. The summed E-state index contributed by atoms with van der Waals surface area (Å²) in [5.41, 5.74) is 2.98. The number of nitrogens with one attached hydrogen (secondary N) is 2. The van der Waals surface area contributed by atoms with Crippen LogP contribution in [0.15, 0.2) is 53.9 Å². The van der Waals surface area contributed by atoms with Gasteiger partial charge in [0.1, 0.15) is 17.2 Å². The summed E-state index contributed by atoms with van der Waals surface area (Å²) in [5, 5.41) is 7.97. The molecule has 0 aliphatic rings. The van der Waals surface area contributed by atoms with Gasteiger partial charge < -0.3 is 20.1 Å². The number of esters is 1. The summed E-state index contributed by atoms with van der Waals surface area (Å²) in [6.45, 7) is 7.61. The van der Waals surface area contributed by atoms with Crippen molar-refractivity contribution in [3.63, 3.8) is 0 Å². The maximum atomic E-state index is 12.4. The average Bonchev–Trinajstić information content (AvgIpc) is 3.24. The molecule has 0 spiro atoms. The Bertz CT molecular complexity index is 1180. The highest BCUT2D eigenvalue weighted by molar-refractivity contribution is 7.09. The van der Waals surface area contributed by atoms with E-state index in [2.05, 4.69) is 15.6 Å². The molecule has 3 aromatic rings. The molecule has 0 aliphatic carbocycles. The van der Waals surface area contributed by atoms with Gasteiger partial charge in [0, 0.05) is 17.6 Å². The summed E-state index contributed by atoms with van der Waals surface area (Å²) in [4.78, 5) is 40.8. The van der Waals surface area contributed by atoms with Gasteiger partial charge in [-0.15, -0.1) is 11.3 Å². The number of alkyl carbamates (subject to hydrolysis) is 1. The number of hydrogen-bond donors (Lipinski definition) is 2. The molecule has 2 aromatic carbocycles. The average molecular weight is 496 g/mol. The van der Waals surface area contributed by atoms with Gasteiger partial charge in [-0.25, -0.2) is 14.6 Å². The van der Waals surface area contributed by atoms with E-state index in [0.717, 1.165) is 16.8 Å². The molecule has 0 radical (unpaired) electrons. The Morgan fingerprint density at radius 2 is 1.74 bits per heavy atom. The van der Waals surface area contributed by atoms with E-state index in [9.17, 15) is 14.4 Å². The lowest BCUT2D eigenvalue weighted by Gasteiger charge is -2.19. The molecule has 35 heavy (non-hydrogen) atoms. The molecule has 2 amide bonds. The number of thiazole rings is 1. The largest absolute Gasteiger partial charge is 0.456 e. The molecular formula is C26H29N3O5S. The fourth-order valence-corrected chi connectivity index (χ4v) is 3.79. The minimum Gasteiger partial charge on any atom is -0.456 e. The Balaban J connectivity index is 1.44. The molecule has 0 saturated heterocycles. The Hall–Kier alpha value is -3.72. The third-order valence-electron chi connectivity index (χ3n) is 4.71. The number of ether oxygens (including phenoxy) is 2. The number of hydrogen-bond acceptors (Lipinski definition) is 7. The third kappa shape index (κ3) is 8.53. The number of anilines is 1. The molecule has 0 bridgehead atoms. The molecule has 0 atom stereocenters. The predicted octanol–water partition coefficient (Wildman–Crippen LogP) is 5.01. The lowest BCUT2D eigenvalue weighted by molar-refractivity contribution is -0.115. The van der Waals surface area contributed by atoms with E-state index in [1.54, 1.807) is 50.4 Å². The number of benzene rings is 2. The van der Waals surface area contributed by atoms with Crippen molar-refractivity contribution in [2.24, 2.45) is 0 Å². The molecule has 0 fully saturated rings. The third-order valence-corrected chi connectivity index (χ3v) is 5.60. The van der Waals surface area contributed by atoms with Crippen LogP contribution in [0.4, 0.5) is 10.5 Å². The van der Waals surface area contributed by atoms with Crippen LogP contribution in [0.5, 0.6) is 0 Å². The van der Waals surface area contributed by atoms with Gasteiger partial charge in [-0.05, 0) is 57.0 Å². The molecule has 0 unspecified atom stereocenters. The van der Waals surface area contributed by atoms with Crippen LogP contribution in [0, 0.1) is 6.92 Å². The van der Waals surface area contributed by atoms with E-state index < -0.39 is 17.7 Å². The van der Waals surface area contributed by atoms with Crippen LogP contribution >= 0.6 is 11.3 Å². The molecule has 0 saturated carbocycles. The molecule has 0 aliphatic heterocycles. The number of carbonyl (C=O) groups excluding carboxylic acids is 3. The zero-order valence-electron chi connectivity index (χ0n) is 20.2. The monoisotopic (exact) mass is 495 g/mol. The second-order valence-electron chi connectivity index (χ2n) is 8.90. The first-order chi connectivity index (χ1) is 16.6. The fraction of sp³-hybridized carbons (Fsp3) is 0.308. The van der Waals surface area contributed by atoms with Crippen LogP contribution in [0.3, 0.4) is 0 Å². The number of rotatable bonds is 8. The maximum Gasteiger partial charge on any atom is 0.407 e. The van der Waals surface area contributed by atoms with Crippen LogP contribution < -0.4 is 10.6 Å². The quantitative estimate of drug-likeness (QED) is 0.425. The van der Waals surface area contributed by atoms with Gasteiger partial charge in [0.05, 0.1) is 17.7 Å². The van der Waals surface area contributed by atoms with E-state index >= 15 is 0 Å². The first-order valence-corrected chi connectivity index (χ1v) is 12.0. The lowest BCUT2D eigenvalue weighted by atomic mass is 10.1. The van der Waals surface area contributed by atoms with E-state index in [1.165, 1.54) is 11.3 Å². The van der Waals surface area contributed by atoms with Gasteiger partial charge >= 0.3 is 12.1 Å². The van der Waals surface area contributed by atoms with Crippen LogP contribution in [0.1, 0.15) is 53.0 Å². The number of aromatic nitrogens is 1. The normalized spacial score (nSPS) is 11.0. The Labute approximate surface area is 208 Å². The van der Waals surface area contributed by atoms with Crippen molar-refractivity contribution in [3.05, 3.63) is 81.3 Å². The predicted molar refractivity (Wildman–Crippen MR) is 134 cm³/mol. The van der Waals surface area contributed by atoms with Gasteiger partial charge in [-0.2, -0.15) is 0 Å². The van der Waals surface area contributed by atoms with Crippen molar-refractivity contribution in [2.45, 2.75) is 52.9 Å². The molecular weight excluding hydrogens is 466 g/mol. The zero-order valence-corrected chi connectivity index (χ0v) is 21.0. The first-order valence-electron chi connectivity index (χ1n) is 11.1. The van der Waals surface area contributed by atoms with Crippen LogP contribution in [-0.4, -0.2) is 28.6 Å². The van der Waals surface area contributed by atoms with Crippen molar-refractivity contribution in [1.82, 2.24) is 10.3 Å². The minimum atomic E-state index is -0.566. The standard InChI is InChI=1S/C26H29N3O5S/c1-17-7-5-6-8-21(17)29-22(30)13-23-28-20(16-35-23)15-33-24(31)19-11-9-18(10-12-19)14-27-25(32)34-26(2,3)4/h5-12,16H,13-15H2,1-4H3,(H,27,32)(H,29,30). The minimum absolute atomic E-state index is 0.0106. The second-order valence-corrected chi connectivity index (χ2v) is 9.84. The summed E-state index contributed by atoms with van der Waals surface area (Å²) >= 11 is 1.35. The Kier molecular flexibility index (Phi) is 8.59. The smallest absolute Gasteiger partial charge is 0.407 e. The highest BCUT2D eigenvalue weighted by atomic mass is 32.1. The first kappa shape index (κ1) is 25.9. The van der Waals surface area contributed by atoms with Crippen LogP contribution in [0.2, 0.25) is 0 Å². The van der Waals surface area contributed by atoms with Gasteiger partial charge in [-0.3, -0.25) is 4.79 Å². The number of nitrogens with zero attached hydrogens (tertiary/aromatic N) is 1. The summed E-state index contributed by atoms with van der Waals surface area (Å²) < 4.78 is 10.5. The lowest BCUT2D eigenvalue weighted by Crippen LogP contribution is -2.32. The van der Waals surface area contributed by atoms with E-state index in [-0.39, 0.29) is 25.5 Å². The second kappa shape index (κ2) is 11.6. The van der Waals surface area contributed by atoms with Crippen LogP contribution in [0.25, 0.3) is 0 Å². The Morgan fingerprint density at radius 1 is 1.03 bits per heavy atom.